The third-order valence-electron chi connectivity index (χ3n) is 5.15. The van der Waals surface area contributed by atoms with Crippen molar-refractivity contribution in [3.8, 4) is 11.5 Å². The lowest BCUT2D eigenvalue weighted by Gasteiger charge is -2.26. The molecule has 2 saturated heterocycles. The number of hydrogen-bond donors (Lipinski definition) is 0. The van der Waals surface area contributed by atoms with Gasteiger partial charge in [-0.15, -0.1) is 0 Å². The molecule has 3 aliphatic heterocycles. The third-order valence-corrected chi connectivity index (χ3v) is 5.15. The van der Waals surface area contributed by atoms with Gasteiger partial charge >= 0.3 is 0 Å². The van der Waals surface area contributed by atoms with Crippen LogP contribution >= 0.6 is 0 Å². The van der Waals surface area contributed by atoms with Gasteiger partial charge in [0.1, 0.15) is 6.73 Å². The molecule has 1 unspecified atom stereocenters. The molecule has 27 heavy (non-hydrogen) atoms. The van der Waals surface area contributed by atoms with E-state index in [1.165, 1.54) is 0 Å². The molecule has 3 heterocycles. The standard InChI is InChI=1S/C20H28N2O5/c1-2-8-25-19-12-16(17-13-20(27-21-17)5-9-24-14-20)3-4-18(19)26-15-22-6-10-23-11-7-22/h3-4,12H,2,5-11,13-15H2,1H3. The topological polar surface area (TPSA) is 61.8 Å². The molecule has 7 heteroatoms. The Balaban J connectivity index is 1.45. The molecule has 4 rings (SSSR count). The average Bonchev–Trinajstić information content (AvgIpc) is 3.36. The number of oxime groups is 1. The van der Waals surface area contributed by atoms with E-state index in [9.17, 15) is 0 Å². The summed E-state index contributed by atoms with van der Waals surface area (Å²) in [5.74, 6) is 1.52. The maximum Gasteiger partial charge on any atom is 0.168 e. The van der Waals surface area contributed by atoms with Crippen molar-refractivity contribution < 1.29 is 23.8 Å². The van der Waals surface area contributed by atoms with Crippen LogP contribution in [-0.2, 0) is 14.3 Å². The molecule has 2 fully saturated rings. The van der Waals surface area contributed by atoms with Gasteiger partial charge in [-0.05, 0) is 24.6 Å². The van der Waals surface area contributed by atoms with Gasteiger partial charge in [-0.2, -0.15) is 0 Å². The molecule has 0 aliphatic carbocycles. The number of benzene rings is 1. The van der Waals surface area contributed by atoms with Crippen molar-refractivity contribution in [2.24, 2.45) is 5.16 Å². The highest BCUT2D eigenvalue weighted by Gasteiger charge is 2.43. The monoisotopic (exact) mass is 376 g/mol. The Labute approximate surface area is 160 Å². The van der Waals surface area contributed by atoms with Gasteiger partial charge in [0.25, 0.3) is 0 Å². The predicted octanol–water partition coefficient (Wildman–Crippen LogP) is 2.43. The van der Waals surface area contributed by atoms with Crippen molar-refractivity contribution in [3.63, 3.8) is 0 Å². The summed E-state index contributed by atoms with van der Waals surface area (Å²) in [6, 6.07) is 6.02. The second-order valence-corrected chi connectivity index (χ2v) is 7.31. The second-order valence-electron chi connectivity index (χ2n) is 7.31. The minimum Gasteiger partial charge on any atom is -0.490 e. The van der Waals surface area contributed by atoms with E-state index >= 15 is 0 Å². The zero-order valence-corrected chi connectivity index (χ0v) is 15.9. The lowest BCUT2D eigenvalue weighted by molar-refractivity contribution is -0.0237. The third kappa shape index (κ3) is 4.36. The van der Waals surface area contributed by atoms with Crippen LogP contribution in [0.3, 0.4) is 0 Å². The van der Waals surface area contributed by atoms with E-state index in [1.807, 2.05) is 18.2 Å². The summed E-state index contributed by atoms with van der Waals surface area (Å²) >= 11 is 0. The highest BCUT2D eigenvalue weighted by Crippen LogP contribution is 2.36. The van der Waals surface area contributed by atoms with Gasteiger partial charge in [-0.3, -0.25) is 4.90 Å². The van der Waals surface area contributed by atoms with Gasteiger partial charge in [0.15, 0.2) is 17.1 Å². The predicted molar refractivity (Wildman–Crippen MR) is 101 cm³/mol. The van der Waals surface area contributed by atoms with E-state index in [2.05, 4.69) is 17.0 Å². The smallest absolute Gasteiger partial charge is 0.168 e. The molecule has 1 spiro atoms. The van der Waals surface area contributed by atoms with E-state index in [1.54, 1.807) is 0 Å². The molecule has 1 aromatic rings. The Morgan fingerprint density at radius 1 is 1.11 bits per heavy atom. The molecular weight excluding hydrogens is 348 g/mol. The lowest BCUT2D eigenvalue weighted by Crippen LogP contribution is -2.38. The van der Waals surface area contributed by atoms with Gasteiger partial charge in [0.05, 0.1) is 38.7 Å². The summed E-state index contributed by atoms with van der Waals surface area (Å²) in [5.41, 5.74) is 1.69. The van der Waals surface area contributed by atoms with E-state index in [0.717, 1.165) is 74.9 Å². The Hall–Kier alpha value is -1.83. The van der Waals surface area contributed by atoms with E-state index in [-0.39, 0.29) is 5.60 Å². The van der Waals surface area contributed by atoms with Gasteiger partial charge in [0.2, 0.25) is 0 Å². The van der Waals surface area contributed by atoms with Crippen LogP contribution in [0.2, 0.25) is 0 Å². The Morgan fingerprint density at radius 2 is 2.00 bits per heavy atom. The SMILES string of the molecule is CCCOc1cc(C2=NOC3(CCOC3)C2)ccc1OCN1CCOCC1. The van der Waals surface area contributed by atoms with Crippen molar-refractivity contribution in [3.05, 3.63) is 23.8 Å². The zero-order valence-electron chi connectivity index (χ0n) is 15.9. The van der Waals surface area contributed by atoms with Crippen LogP contribution in [0.4, 0.5) is 0 Å². The first-order chi connectivity index (χ1) is 13.3. The van der Waals surface area contributed by atoms with Crippen molar-refractivity contribution >= 4 is 5.71 Å². The van der Waals surface area contributed by atoms with Crippen LogP contribution in [0.1, 0.15) is 31.7 Å². The van der Waals surface area contributed by atoms with E-state index in [4.69, 9.17) is 23.8 Å². The minimum absolute atomic E-state index is 0.273. The maximum absolute atomic E-state index is 6.04. The molecule has 0 saturated carbocycles. The van der Waals surface area contributed by atoms with Crippen LogP contribution in [0.25, 0.3) is 0 Å². The van der Waals surface area contributed by atoms with Crippen LogP contribution < -0.4 is 9.47 Å². The second kappa shape index (κ2) is 8.46. The van der Waals surface area contributed by atoms with Crippen molar-refractivity contribution in [1.82, 2.24) is 4.90 Å². The molecular formula is C20H28N2O5. The summed E-state index contributed by atoms with van der Waals surface area (Å²) < 4.78 is 22.9. The molecule has 1 atom stereocenters. The minimum atomic E-state index is -0.273. The first-order valence-corrected chi connectivity index (χ1v) is 9.81. The summed E-state index contributed by atoms with van der Waals surface area (Å²) in [4.78, 5) is 7.95. The largest absolute Gasteiger partial charge is 0.490 e. The zero-order chi connectivity index (χ0) is 18.5. The number of rotatable bonds is 7. The Bertz CT molecular complexity index is 666. The van der Waals surface area contributed by atoms with Crippen molar-refractivity contribution in [2.75, 3.05) is 52.9 Å². The molecule has 7 nitrogen and oxygen atoms in total. The fourth-order valence-corrected chi connectivity index (χ4v) is 3.50. The van der Waals surface area contributed by atoms with E-state index in [0.29, 0.717) is 19.9 Å². The summed E-state index contributed by atoms with van der Waals surface area (Å²) in [7, 11) is 0. The number of nitrogens with zero attached hydrogens (tertiary/aromatic N) is 2. The molecule has 0 bridgehead atoms. The summed E-state index contributed by atoms with van der Waals surface area (Å²) in [6.45, 7) is 7.93. The van der Waals surface area contributed by atoms with Gasteiger partial charge in [-0.1, -0.05) is 12.1 Å². The maximum atomic E-state index is 6.04. The van der Waals surface area contributed by atoms with Gasteiger partial charge in [-0.25, -0.2) is 0 Å². The molecule has 0 radical (unpaired) electrons. The average molecular weight is 376 g/mol. The van der Waals surface area contributed by atoms with Crippen LogP contribution in [-0.4, -0.2) is 69.1 Å². The highest BCUT2D eigenvalue weighted by molar-refractivity contribution is 6.02. The van der Waals surface area contributed by atoms with Crippen LogP contribution in [0.15, 0.2) is 23.4 Å². The first kappa shape index (κ1) is 18.5. The molecule has 0 aromatic heterocycles. The highest BCUT2D eigenvalue weighted by atomic mass is 16.7. The summed E-state index contributed by atoms with van der Waals surface area (Å²) in [6.07, 6.45) is 2.60. The molecule has 3 aliphatic rings. The number of ether oxygens (including phenoxy) is 4. The van der Waals surface area contributed by atoms with Crippen LogP contribution in [0.5, 0.6) is 11.5 Å². The fraction of sp³-hybridized carbons (Fsp3) is 0.650. The van der Waals surface area contributed by atoms with Gasteiger partial charge in [0, 0.05) is 31.5 Å². The molecule has 148 valence electrons. The van der Waals surface area contributed by atoms with Crippen LogP contribution in [0, 0.1) is 0 Å². The fourth-order valence-electron chi connectivity index (χ4n) is 3.50. The molecule has 0 amide bonds. The Kier molecular flexibility index (Phi) is 5.80. The number of morpholine rings is 1. The molecule has 0 N–H and O–H groups in total. The number of hydrogen-bond acceptors (Lipinski definition) is 7. The normalized spacial score (nSPS) is 25.4. The lowest BCUT2D eigenvalue weighted by atomic mass is 9.93. The van der Waals surface area contributed by atoms with Crippen molar-refractivity contribution in [1.29, 1.82) is 0 Å². The Morgan fingerprint density at radius 3 is 2.78 bits per heavy atom. The van der Waals surface area contributed by atoms with Crippen molar-refractivity contribution in [2.45, 2.75) is 31.8 Å². The quantitative estimate of drug-likeness (QED) is 0.728. The molecule has 1 aromatic carbocycles. The van der Waals surface area contributed by atoms with Gasteiger partial charge < -0.3 is 23.8 Å². The summed E-state index contributed by atoms with van der Waals surface area (Å²) in [5, 5.41) is 4.33. The van der Waals surface area contributed by atoms with E-state index < -0.39 is 0 Å². The first-order valence-electron chi connectivity index (χ1n) is 9.81.